The van der Waals surface area contributed by atoms with E-state index in [1.54, 1.807) is 36.5 Å². The van der Waals surface area contributed by atoms with Crippen LogP contribution in [-0.2, 0) is 4.79 Å². The second-order valence-corrected chi connectivity index (χ2v) is 3.40. The number of amides is 1. The summed E-state index contributed by atoms with van der Waals surface area (Å²) in [7, 11) is 0. The van der Waals surface area contributed by atoms with Gasteiger partial charge in [-0.2, -0.15) is 5.10 Å². The molecule has 0 atom stereocenters. The van der Waals surface area contributed by atoms with E-state index in [9.17, 15) is 9.90 Å². The lowest BCUT2D eigenvalue weighted by Gasteiger charge is -1.97. The molecule has 0 spiro atoms. The third-order valence-electron chi connectivity index (χ3n) is 2.06. The highest BCUT2D eigenvalue weighted by molar-refractivity contribution is 6.01. The SMILES string of the molecule is O=C(/C=C/c1cccc(O)c1)Nc1cn[nH]c1. The molecule has 0 aliphatic carbocycles. The Bertz CT molecular complexity index is 532. The van der Waals surface area contributed by atoms with E-state index >= 15 is 0 Å². The molecule has 5 heteroatoms. The quantitative estimate of drug-likeness (QED) is 0.702. The summed E-state index contributed by atoms with van der Waals surface area (Å²) in [5, 5.41) is 18.2. The van der Waals surface area contributed by atoms with Crippen molar-refractivity contribution in [2.24, 2.45) is 0 Å². The first-order chi connectivity index (χ1) is 8.24. The normalized spacial score (nSPS) is 10.6. The van der Waals surface area contributed by atoms with Crippen LogP contribution in [0.1, 0.15) is 5.56 Å². The number of aromatic amines is 1. The minimum Gasteiger partial charge on any atom is -0.508 e. The molecule has 86 valence electrons. The highest BCUT2D eigenvalue weighted by Gasteiger charge is 1.98. The number of hydrogen-bond donors (Lipinski definition) is 3. The van der Waals surface area contributed by atoms with Crippen molar-refractivity contribution in [2.45, 2.75) is 0 Å². The van der Waals surface area contributed by atoms with Crippen LogP contribution in [0.4, 0.5) is 5.69 Å². The molecular formula is C12H11N3O2. The van der Waals surface area contributed by atoms with Gasteiger partial charge >= 0.3 is 0 Å². The van der Waals surface area contributed by atoms with Gasteiger partial charge in [0.05, 0.1) is 11.9 Å². The molecule has 3 N–H and O–H groups in total. The van der Waals surface area contributed by atoms with Gasteiger partial charge in [-0.25, -0.2) is 0 Å². The number of nitrogens with one attached hydrogen (secondary N) is 2. The number of carbonyl (C=O) groups is 1. The summed E-state index contributed by atoms with van der Waals surface area (Å²) in [6, 6.07) is 6.65. The van der Waals surface area contributed by atoms with Crippen molar-refractivity contribution < 1.29 is 9.90 Å². The molecule has 5 nitrogen and oxygen atoms in total. The molecular weight excluding hydrogens is 218 g/mol. The zero-order chi connectivity index (χ0) is 12.1. The Balaban J connectivity index is 1.99. The molecule has 1 aromatic carbocycles. The smallest absolute Gasteiger partial charge is 0.248 e. The molecule has 0 radical (unpaired) electrons. The summed E-state index contributed by atoms with van der Waals surface area (Å²) >= 11 is 0. The first kappa shape index (κ1) is 10.9. The van der Waals surface area contributed by atoms with E-state index in [0.29, 0.717) is 5.69 Å². The Labute approximate surface area is 97.8 Å². The fourth-order valence-corrected chi connectivity index (χ4v) is 1.30. The molecule has 2 aromatic rings. The second kappa shape index (κ2) is 4.98. The molecule has 0 aliphatic heterocycles. The van der Waals surface area contributed by atoms with Crippen LogP contribution in [0.2, 0.25) is 0 Å². The van der Waals surface area contributed by atoms with E-state index in [1.165, 1.54) is 12.3 Å². The lowest BCUT2D eigenvalue weighted by Crippen LogP contribution is -2.06. The molecule has 0 aliphatic rings. The number of benzene rings is 1. The van der Waals surface area contributed by atoms with Crippen molar-refractivity contribution in [1.29, 1.82) is 0 Å². The Morgan fingerprint density at radius 1 is 1.47 bits per heavy atom. The van der Waals surface area contributed by atoms with E-state index in [1.807, 2.05) is 0 Å². The highest BCUT2D eigenvalue weighted by atomic mass is 16.3. The fraction of sp³-hybridized carbons (Fsp3) is 0. The standard InChI is InChI=1S/C12H11N3O2/c16-11-3-1-2-9(6-11)4-5-12(17)15-10-7-13-14-8-10/h1-8,16H,(H,13,14)(H,15,17)/b5-4+. The molecule has 1 heterocycles. The summed E-state index contributed by atoms with van der Waals surface area (Å²) in [4.78, 5) is 11.5. The van der Waals surface area contributed by atoms with Gasteiger partial charge < -0.3 is 10.4 Å². The predicted molar refractivity (Wildman–Crippen MR) is 64.4 cm³/mol. The maximum absolute atomic E-state index is 11.5. The van der Waals surface area contributed by atoms with Crippen molar-refractivity contribution in [3.8, 4) is 5.75 Å². The Kier molecular flexibility index (Phi) is 3.20. The van der Waals surface area contributed by atoms with Crippen LogP contribution in [0.15, 0.2) is 42.7 Å². The molecule has 2 rings (SSSR count). The van der Waals surface area contributed by atoms with Crippen LogP contribution < -0.4 is 5.32 Å². The van der Waals surface area contributed by atoms with Crippen molar-refractivity contribution in [1.82, 2.24) is 10.2 Å². The molecule has 0 saturated carbocycles. The third-order valence-corrected chi connectivity index (χ3v) is 2.06. The van der Waals surface area contributed by atoms with E-state index in [-0.39, 0.29) is 11.7 Å². The molecule has 17 heavy (non-hydrogen) atoms. The summed E-state index contributed by atoms with van der Waals surface area (Å²) in [5.41, 5.74) is 1.36. The van der Waals surface area contributed by atoms with Gasteiger partial charge in [0.25, 0.3) is 0 Å². The topological polar surface area (TPSA) is 78.0 Å². The summed E-state index contributed by atoms with van der Waals surface area (Å²) in [6.45, 7) is 0. The van der Waals surface area contributed by atoms with Crippen LogP contribution in [0, 0.1) is 0 Å². The van der Waals surface area contributed by atoms with Gasteiger partial charge in [-0.1, -0.05) is 12.1 Å². The van der Waals surface area contributed by atoms with Crippen LogP contribution in [0.25, 0.3) is 6.08 Å². The third kappa shape index (κ3) is 3.20. The van der Waals surface area contributed by atoms with Crippen molar-refractivity contribution in [3.05, 3.63) is 48.3 Å². The van der Waals surface area contributed by atoms with Gasteiger partial charge in [0.2, 0.25) is 5.91 Å². The number of rotatable bonds is 3. The minimum absolute atomic E-state index is 0.169. The molecule has 0 unspecified atom stereocenters. The van der Waals surface area contributed by atoms with E-state index < -0.39 is 0 Å². The Morgan fingerprint density at radius 3 is 3.06 bits per heavy atom. The zero-order valence-corrected chi connectivity index (χ0v) is 8.92. The first-order valence-corrected chi connectivity index (χ1v) is 5.01. The molecule has 1 amide bonds. The van der Waals surface area contributed by atoms with E-state index in [0.717, 1.165) is 5.56 Å². The van der Waals surface area contributed by atoms with Gasteiger partial charge in [-0.05, 0) is 23.8 Å². The molecule has 0 bridgehead atoms. The lowest BCUT2D eigenvalue weighted by atomic mass is 10.2. The van der Waals surface area contributed by atoms with Crippen molar-refractivity contribution in [3.63, 3.8) is 0 Å². The first-order valence-electron chi connectivity index (χ1n) is 5.01. The van der Waals surface area contributed by atoms with Gasteiger partial charge in [0, 0.05) is 12.3 Å². The van der Waals surface area contributed by atoms with Gasteiger partial charge in [0.15, 0.2) is 0 Å². The Hall–Kier alpha value is -2.56. The number of hydrogen-bond acceptors (Lipinski definition) is 3. The highest BCUT2D eigenvalue weighted by Crippen LogP contribution is 2.12. The monoisotopic (exact) mass is 229 g/mol. The van der Waals surface area contributed by atoms with Crippen LogP contribution in [0.3, 0.4) is 0 Å². The van der Waals surface area contributed by atoms with Crippen LogP contribution in [0.5, 0.6) is 5.75 Å². The van der Waals surface area contributed by atoms with Crippen LogP contribution >= 0.6 is 0 Å². The number of aromatic hydroxyl groups is 1. The number of anilines is 1. The van der Waals surface area contributed by atoms with E-state index in [4.69, 9.17) is 0 Å². The molecule has 0 saturated heterocycles. The number of phenolic OH excluding ortho intramolecular Hbond substituents is 1. The number of H-pyrrole nitrogens is 1. The fourth-order valence-electron chi connectivity index (χ4n) is 1.30. The average Bonchev–Trinajstić information content (AvgIpc) is 2.79. The summed E-state index contributed by atoms with van der Waals surface area (Å²) in [5.74, 6) is -0.0860. The van der Waals surface area contributed by atoms with Gasteiger partial charge in [-0.15, -0.1) is 0 Å². The van der Waals surface area contributed by atoms with Gasteiger partial charge in [-0.3, -0.25) is 9.89 Å². The average molecular weight is 229 g/mol. The zero-order valence-electron chi connectivity index (χ0n) is 8.92. The Morgan fingerprint density at radius 2 is 2.35 bits per heavy atom. The summed E-state index contributed by atoms with van der Waals surface area (Å²) < 4.78 is 0. The van der Waals surface area contributed by atoms with Crippen molar-refractivity contribution >= 4 is 17.7 Å². The number of nitrogens with zero attached hydrogens (tertiary/aromatic N) is 1. The predicted octanol–water partition coefficient (Wildman–Crippen LogP) is 1.77. The largest absolute Gasteiger partial charge is 0.508 e. The molecule has 0 fully saturated rings. The maximum Gasteiger partial charge on any atom is 0.248 e. The van der Waals surface area contributed by atoms with Crippen LogP contribution in [-0.4, -0.2) is 21.2 Å². The second-order valence-electron chi connectivity index (χ2n) is 3.40. The number of carbonyl (C=O) groups excluding carboxylic acids is 1. The van der Waals surface area contributed by atoms with Crippen molar-refractivity contribution in [2.75, 3.05) is 5.32 Å². The minimum atomic E-state index is -0.255. The lowest BCUT2D eigenvalue weighted by molar-refractivity contribution is -0.111. The number of aromatic nitrogens is 2. The maximum atomic E-state index is 11.5. The summed E-state index contributed by atoms with van der Waals surface area (Å²) in [6.07, 6.45) is 6.11. The molecule has 1 aromatic heterocycles. The number of phenols is 1. The van der Waals surface area contributed by atoms with Gasteiger partial charge in [0.1, 0.15) is 5.75 Å². The van der Waals surface area contributed by atoms with E-state index in [2.05, 4.69) is 15.5 Å².